The second-order valence-electron chi connectivity index (χ2n) is 8.99. The van der Waals surface area contributed by atoms with E-state index >= 15 is 0 Å². The van der Waals surface area contributed by atoms with Crippen molar-refractivity contribution < 1.29 is 0 Å². The summed E-state index contributed by atoms with van der Waals surface area (Å²) in [7, 11) is 0. The number of rotatable bonds is 3. The Morgan fingerprint density at radius 3 is 1.84 bits per heavy atom. The molecule has 0 atom stereocenters. The first-order chi connectivity index (χ1) is 15.8. The lowest BCUT2D eigenvalue weighted by molar-refractivity contribution is 0.768. The van der Waals surface area contributed by atoms with Crippen molar-refractivity contribution >= 4 is 5.57 Å². The van der Waals surface area contributed by atoms with Gasteiger partial charge >= 0.3 is 0 Å². The van der Waals surface area contributed by atoms with Crippen LogP contribution in [0.5, 0.6) is 0 Å². The van der Waals surface area contributed by atoms with Crippen molar-refractivity contribution in [2.24, 2.45) is 0 Å². The van der Waals surface area contributed by atoms with Crippen LogP contribution in [0.3, 0.4) is 0 Å². The van der Waals surface area contributed by atoms with E-state index in [1.165, 1.54) is 50.1 Å². The van der Waals surface area contributed by atoms with Crippen molar-refractivity contribution in [1.82, 2.24) is 0 Å². The number of benzene rings is 4. The lowest BCUT2D eigenvalue weighted by atomic mass is 9.67. The zero-order valence-electron chi connectivity index (χ0n) is 18.4. The summed E-state index contributed by atoms with van der Waals surface area (Å²) in [5, 5.41) is 0. The third-order valence-electron chi connectivity index (χ3n) is 7.19. The average molecular weight is 411 g/mol. The second kappa shape index (κ2) is 7.50. The minimum atomic E-state index is -0.314. The van der Waals surface area contributed by atoms with E-state index in [2.05, 4.69) is 122 Å². The number of hydrogen-bond acceptors (Lipinski definition) is 0. The van der Waals surface area contributed by atoms with Crippen LogP contribution in [-0.2, 0) is 5.41 Å². The molecule has 0 radical (unpaired) electrons. The highest BCUT2D eigenvalue weighted by atomic mass is 14.5. The highest BCUT2D eigenvalue weighted by Gasteiger charge is 2.45. The highest BCUT2D eigenvalue weighted by Crippen LogP contribution is 2.56. The fraction of sp³-hybridized carbons (Fsp3) is 0.125. The first-order valence-corrected chi connectivity index (χ1v) is 11.5. The molecule has 0 heterocycles. The maximum Gasteiger partial charge on any atom is 0.0713 e. The van der Waals surface area contributed by atoms with Gasteiger partial charge in [0.2, 0.25) is 0 Å². The molecule has 0 amide bonds. The van der Waals surface area contributed by atoms with Crippen LogP contribution in [-0.4, -0.2) is 0 Å². The Labute approximate surface area is 190 Å². The summed E-state index contributed by atoms with van der Waals surface area (Å²) in [6, 6.07) is 38.2. The van der Waals surface area contributed by atoms with E-state index in [9.17, 15) is 0 Å². The first-order valence-electron chi connectivity index (χ1n) is 11.5. The molecule has 2 aliphatic rings. The fourth-order valence-electron chi connectivity index (χ4n) is 5.63. The van der Waals surface area contributed by atoms with Crippen LogP contribution >= 0.6 is 0 Å². The van der Waals surface area contributed by atoms with Crippen LogP contribution in [0, 0.1) is 0 Å². The Hall–Kier alpha value is -3.64. The molecule has 0 bridgehead atoms. The maximum absolute atomic E-state index is 2.47. The molecule has 0 saturated heterocycles. The molecule has 0 saturated carbocycles. The van der Waals surface area contributed by atoms with Gasteiger partial charge < -0.3 is 0 Å². The normalized spacial score (nSPS) is 16.0. The van der Waals surface area contributed by atoms with Crippen molar-refractivity contribution in [1.29, 1.82) is 0 Å². The van der Waals surface area contributed by atoms with Gasteiger partial charge in [-0.1, -0.05) is 115 Å². The van der Waals surface area contributed by atoms with Gasteiger partial charge in [0.1, 0.15) is 0 Å². The van der Waals surface area contributed by atoms with Crippen LogP contribution in [0.4, 0.5) is 0 Å². The largest absolute Gasteiger partial charge is 0.0730 e. The van der Waals surface area contributed by atoms with Gasteiger partial charge in [-0.3, -0.25) is 0 Å². The van der Waals surface area contributed by atoms with Gasteiger partial charge in [-0.05, 0) is 70.3 Å². The van der Waals surface area contributed by atoms with Crippen molar-refractivity contribution in [3.05, 3.63) is 149 Å². The second-order valence-corrected chi connectivity index (χ2v) is 8.99. The molecular weight excluding hydrogens is 384 g/mol. The van der Waals surface area contributed by atoms with E-state index in [4.69, 9.17) is 0 Å². The van der Waals surface area contributed by atoms with E-state index in [1.807, 2.05) is 0 Å². The van der Waals surface area contributed by atoms with E-state index in [0.29, 0.717) is 0 Å². The summed E-state index contributed by atoms with van der Waals surface area (Å²) in [6.45, 7) is 2.22. The lowest BCUT2D eigenvalue weighted by Crippen LogP contribution is -2.28. The first kappa shape index (κ1) is 19.1. The van der Waals surface area contributed by atoms with E-state index < -0.39 is 0 Å². The summed E-state index contributed by atoms with van der Waals surface area (Å²) in [5.74, 6) is 0. The number of allylic oxidation sites excluding steroid dienone is 4. The van der Waals surface area contributed by atoms with Gasteiger partial charge in [0.05, 0.1) is 5.41 Å². The van der Waals surface area contributed by atoms with Gasteiger partial charge in [-0.25, -0.2) is 0 Å². The number of fused-ring (bicyclic) bond motifs is 3. The molecule has 4 aromatic carbocycles. The monoisotopic (exact) mass is 410 g/mol. The minimum absolute atomic E-state index is 0.314. The minimum Gasteiger partial charge on any atom is -0.0730 e. The maximum atomic E-state index is 2.47. The van der Waals surface area contributed by atoms with E-state index in [1.54, 1.807) is 0 Å². The Balaban J connectivity index is 1.70. The molecule has 2 aliphatic carbocycles. The Morgan fingerprint density at radius 2 is 1.19 bits per heavy atom. The van der Waals surface area contributed by atoms with Crippen molar-refractivity contribution in [3.63, 3.8) is 0 Å². The Bertz CT molecular complexity index is 1310. The smallest absolute Gasteiger partial charge is 0.0713 e. The van der Waals surface area contributed by atoms with Crippen molar-refractivity contribution in [3.8, 4) is 11.1 Å². The SMILES string of the molecule is CC1=CC=C(c2ccc3c(c2)C(c2ccccc2)(c2ccccc2)c2ccccc2-3)CC1. The van der Waals surface area contributed by atoms with Crippen LogP contribution < -0.4 is 0 Å². The molecule has 154 valence electrons. The predicted molar refractivity (Wildman–Crippen MR) is 135 cm³/mol. The summed E-state index contributed by atoms with van der Waals surface area (Å²) in [6.07, 6.45) is 6.85. The standard InChI is InChI=1S/C32H26/c1-23-16-18-24(19-17-23)25-20-21-29-28-14-8-9-15-30(28)32(31(29)22-25,26-10-4-2-5-11-26)27-12-6-3-7-13-27/h2-16,18,20-22H,17,19H2,1H3. The molecule has 0 heteroatoms. The van der Waals surface area contributed by atoms with Gasteiger partial charge in [-0.2, -0.15) is 0 Å². The van der Waals surface area contributed by atoms with Crippen LogP contribution in [0.1, 0.15) is 47.6 Å². The zero-order valence-corrected chi connectivity index (χ0v) is 18.4. The predicted octanol–water partition coefficient (Wildman–Crippen LogP) is 8.17. The molecule has 4 aromatic rings. The van der Waals surface area contributed by atoms with Crippen LogP contribution in [0.2, 0.25) is 0 Å². The quantitative estimate of drug-likeness (QED) is 0.281. The van der Waals surface area contributed by atoms with Gasteiger partial charge in [0, 0.05) is 0 Å². The highest BCUT2D eigenvalue weighted by molar-refractivity contribution is 5.88. The van der Waals surface area contributed by atoms with Gasteiger partial charge in [0.25, 0.3) is 0 Å². The molecule has 0 N–H and O–H groups in total. The van der Waals surface area contributed by atoms with E-state index in [-0.39, 0.29) is 5.41 Å². The topological polar surface area (TPSA) is 0 Å². The zero-order chi connectivity index (χ0) is 21.5. The molecule has 0 aromatic heterocycles. The third kappa shape index (κ3) is 2.76. The lowest BCUT2D eigenvalue weighted by Gasteiger charge is -2.34. The van der Waals surface area contributed by atoms with Crippen LogP contribution in [0.15, 0.2) is 121 Å². The molecule has 0 unspecified atom stereocenters. The summed E-state index contributed by atoms with van der Waals surface area (Å²) in [4.78, 5) is 0. The summed E-state index contributed by atoms with van der Waals surface area (Å²) < 4.78 is 0. The molecule has 0 fully saturated rings. The average Bonchev–Trinajstić information content (AvgIpc) is 3.16. The van der Waals surface area contributed by atoms with E-state index in [0.717, 1.165) is 12.8 Å². The molecule has 0 aliphatic heterocycles. The Kier molecular flexibility index (Phi) is 4.47. The number of hydrogen-bond donors (Lipinski definition) is 0. The third-order valence-corrected chi connectivity index (χ3v) is 7.19. The molecule has 0 nitrogen and oxygen atoms in total. The molecule has 0 spiro atoms. The van der Waals surface area contributed by atoms with Gasteiger partial charge in [-0.15, -0.1) is 0 Å². The van der Waals surface area contributed by atoms with Crippen LogP contribution in [0.25, 0.3) is 16.7 Å². The Morgan fingerprint density at radius 1 is 0.562 bits per heavy atom. The molecule has 32 heavy (non-hydrogen) atoms. The fourth-order valence-corrected chi connectivity index (χ4v) is 5.63. The van der Waals surface area contributed by atoms with Gasteiger partial charge in [0.15, 0.2) is 0 Å². The molecule has 6 rings (SSSR count). The van der Waals surface area contributed by atoms with Crippen molar-refractivity contribution in [2.45, 2.75) is 25.2 Å². The molecular formula is C32H26. The summed E-state index contributed by atoms with van der Waals surface area (Å²) >= 11 is 0. The van der Waals surface area contributed by atoms with Crippen molar-refractivity contribution in [2.75, 3.05) is 0 Å². The summed E-state index contributed by atoms with van der Waals surface area (Å²) in [5.41, 5.74) is 12.0.